The van der Waals surface area contributed by atoms with Crippen LogP contribution < -0.4 is 0 Å². The van der Waals surface area contributed by atoms with Gasteiger partial charge in [0.1, 0.15) is 24.4 Å². The smallest absolute Gasteiger partial charge is 0.186 e. The highest BCUT2D eigenvalue weighted by Crippen LogP contribution is 2.28. The van der Waals surface area contributed by atoms with Crippen molar-refractivity contribution in [2.24, 2.45) is 0 Å². The van der Waals surface area contributed by atoms with Gasteiger partial charge in [-0.1, -0.05) is 104 Å². The van der Waals surface area contributed by atoms with Crippen LogP contribution in [-0.2, 0) is 18.9 Å². The molecule has 2 N–H and O–H groups in total. The number of aliphatic hydroxyl groups excluding tert-OH is 2. The van der Waals surface area contributed by atoms with Crippen molar-refractivity contribution in [1.29, 1.82) is 0 Å². The van der Waals surface area contributed by atoms with E-state index >= 15 is 0 Å². The molecule has 0 amide bonds. The second-order valence-corrected chi connectivity index (χ2v) is 9.85. The van der Waals surface area contributed by atoms with Gasteiger partial charge in [-0.2, -0.15) is 0 Å². The first-order valence-corrected chi connectivity index (χ1v) is 14.5. The lowest BCUT2D eigenvalue weighted by Crippen LogP contribution is -2.61. The van der Waals surface area contributed by atoms with E-state index in [4.69, 9.17) is 18.9 Å². The first-order chi connectivity index (χ1) is 16.7. The van der Waals surface area contributed by atoms with E-state index in [1.165, 1.54) is 64.2 Å². The van der Waals surface area contributed by atoms with Crippen LogP contribution in [0, 0.1) is 0 Å². The molecule has 6 nitrogen and oxygen atoms in total. The monoisotopic (exact) mass is 488 g/mol. The van der Waals surface area contributed by atoms with Gasteiger partial charge in [0.15, 0.2) is 6.29 Å². The summed E-state index contributed by atoms with van der Waals surface area (Å²) in [6.07, 6.45) is 15.4. The second kappa shape index (κ2) is 22.0. The Hall–Kier alpha value is -0.240. The molecule has 1 fully saturated rings. The Morgan fingerprint density at radius 2 is 0.971 bits per heavy atom. The Bertz CT molecular complexity index is 435. The SMILES string of the molecule is CCCCCCCCO[C@@H]1O[C@H](CO)[C@@H](O)[C@H](OCCCCCCC)[C@H]1OCCCCCCC. The molecule has 204 valence electrons. The van der Waals surface area contributed by atoms with E-state index in [1.54, 1.807) is 0 Å². The molecule has 0 unspecified atom stereocenters. The molecule has 0 aromatic carbocycles. The van der Waals surface area contributed by atoms with Gasteiger partial charge in [-0.3, -0.25) is 0 Å². The molecule has 1 aliphatic heterocycles. The molecule has 6 heteroatoms. The first kappa shape index (κ1) is 31.8. The summed E-state index contributed by atoms with van der Waals surface area (Å²) in [5.74, 6) is 0. The molecule has 0 aliphatic carbocycles. The molecular weight excluding hydrogens is 432 g/mol. The van der Waals surface area contributed by atoms with Crippen molar-refractivity contribution in [2.75, 3.05) is 26.4 Å². The van der Waals surface area contributed by atoms with E-state index in [2.05, 4.69) is 20.8 Å². The lowest BCUT2D eigenvalue weighted by Gasteiger charge is -2.43. The van der Waals surface area contributed by atoms with Crippen LogP contribution in [0.4, 0.5) is 0 Å². The van der Waals surface area contributed by atoms with Crippen LogP contribution in [0.3, 0.4) is 0 Å². The summed E-state index contributed by atoms with van der Waals surface area (Å²) in [6, 6.07) is 0. The average Bonchev–Trinajstić information content (AvgIpc) is 2.84. The topological polar surface area (TPSA) is 77.4 Å². The van der Waals surface area contributed by atoms with E-state index in [0.717, 1.165) is 38.5 Å². The molecule has 0 spiro atoms. The van der Waals surface area contributed by atoms with Crippen molar-refractivity contribution >= 4 is 0 Å². The molecule has 0 aromatic heterocycles. The zero-order valence-electron chi connectivity index (χ0n) is 22.6. The van der Waals surface area contributed by atoms with Crippen LogP contribution in [0.2, 0.25) is 0 Å². The van der Waals surface area contributed by atoms with Gasteiger partial charge in [-0.25, -0.2) is 0 Å². The third kappa shape index (κ3) is 13.7. The van der Waals surface area contributed by atoms with Crippen LogP contribution in [0.5, 0.6) is 0 Å². The highest BCUT2D eigenvalue weighted by molar-refractivity contribution is 4.91. The van der Waals surface area contributed by atoms with Crippen LogP contribution in [-0.4, -0.2) is 67.3 Å². The number of aliphatic hydroxyl groups is 2. The lowest BCUT2D eigenvalue weighted by atomic mass is 9.98. The molecule has 0 saturated carbocycles. The van der Waals surface area contributed by atoms with Gasteiger partial charge in [0, 0.05) is 19.8 Å². The summed E-state index contributed by atoms with van der Waals surface area (Å²) >= 11 is 0. The standard InChI is InChI=1S/C28H56O6/c1-4-7-10-13-16-19-22-33-28-27(32-21-18-15-12-9-6-3)26(25(30)24(23-29)34-28)31-20-17-14-11-8-5-2/h24-30H,4-23H2,1-3H3/t24-,25-,26+,27-,28-/m1/s1. The number of rotatable bonds is 23. The summed E-state index contributed by atoms with van der Waals surface area (Å²) < 4.78 is 24.5. The van der Waals surface area contributed by atoms with Crippen LogP contribution >= 0.6 is 0 Å². The fraction of sp³-hybridized carbons (Fsp3) is 1.00. The van der Waals surface area contributed by atoms with Gasteiger partial charge in [-0.15, -0.1) is 0 Å². The molecule has 34 heavy (non-hydrogen) atoms. The minimum absolute atomic E-state index is 0.266. The maximum atomic E-state index is 10.9. The summed E-state index contributed by atoms with van der Waals surface area (Å²) in [5, 5.41) is 20.7. The largest absolute Gasteiger partial charge is 0.394 e. The Balaban J connectivity index is 2.64. The summed E-state index contributed by atoms with van der Waals surface area (Å²) in [6.45, 7) is 8.14. The lowest BCUT2D eigenvalue weighted by molar-refractivity contribution is -0.316. The number of hydrogen-bond donors (Lipinski definition) is 2. The Morgan fingerprint density at radius 3 is 1.44 bits per heavy atom. The third-order valence-electron chi connectivity index (χ3n) is 6.69. The Labute approximate surface area is 210 Å². The fourth-order valence-electron chi connectivity index (χ4n) is 4.47. The molecule has 1 heterocycles. The van der Waals surface area contributed by atoms with Gasteiger partial charge in [-0.05, 0) is 19.3 Å². The van der Waals surface area contributed by atoms with E-state index in [-0.39, 0.29) is 6.61 Å². The molecule has 5 atom stereocenters. The Morgan fingerprint density at radius 1 is 0.559 bits per heavy atom. The highest BCUT2D eigenvalue weighted by Gasteiger charge is 2.47. The van der Waals surface area contributed by atoms with Crippen LogP contribution in [0.1, 0.15) is 124 Å². The van der Waals surface area contributed by atoms with E-state index in [0.29, 0.717) is 19.8 Å². The zero-order chi connectivity index (χ0) is 24.9. The van der Waals surface area contributed by atoms with Crippen molar-refractivity contribution in [1.82, 2.24) is 0 Å². The number of unbranched alkanes of at least 4 members (excludes halogenated alkanes) is 13. The third-order valence-corrected chi connectivity index (χ3v) is 6.69. The van der Waals surface area contributed by atoms with E-state index < -0.39 is 30.7 Å². The average molecular weight is 489 g/mol. The maximum Gasteiger partial charge on any atom is 0.186 e. The van der Waals surface area contributed by atoms with Crippen molar-refractivity contribution in [2.45, 2.75) is 154 Å². The summed E-state index contributed by atoms with van der Waals surface area (Å²) in [5.41, 5.74) is 0. The number of hydrogen-bond acceptors (Lipinski definition) is 6. The Kier molecular flexibility index (Phi) is 20.6. The summed E-state index contributed by atoms with van der Waals surface area (Å²) in [4.78, 5) is 0. The van der Waals surface area contributed by atoms with Crippen molar-refractivity contribution in [3.8, 4) is 0 Å². The van der Waals surface area contributed by atoms with Gasteiger partial charge >= 0.3 is 0 Å². The molecule has 0 radical (unpaired) electrons. The highest BCUT2D eigenvalue weighted by atomic mass is 16.7. The normalized spacial score (nSPS) is 25.1. The number of ether oxygens (including phenoxy) is 4. The molecule has 0 aromatic rings. The van der Waals surface area contributed by atoms with Gasteiger partial charge in [0.2, 0.25) is 0 Å². The maximum absolute atomic E-state index is 10.9. The molecule has 1 aliphatic rings. The van der Waals surface area contributed by atoms with Gasteiger partial charge < -0.3 is 29.2 Å². The predicted molar refractivity (Wildman–Crippen MR) is 138 cm³/mol. The molecular formula is C28H56O6. The van der Waals surface area contributed by atoms with Crippen molar-refractivity contribution < 1.29 is 29.2 Å². The van der Waals surface area contributed by atoms with Crippen molar-refractivity contribution in [3.63, 3.8) is 0 Å². The quantitative estimate of drug-likeness (QED) is 0.168. The van der Waals surface area contributed by atoms with Gasteiger partial charge in [0.25, 0.3) is 0 Å². The summed E-state index contributed by atoms with van der Waals surface area (Å²) in [7, 11) is 0. The first-order valence-electron chi connectivity index (χ1n) is 14.5. The predicted octanol–water partition coefficient (Wildman–Crippen LogP) is 6.15. The van der Waals surface area contributed by atoms with Crippen LogP contribution in [0.25, 0.3) is 0 Å². The van der Waals surface area contributed by atoms with Crippen molar-refractivity contribution in [3.05, 3.63) is 0 Å². The minimum atomic E-state index is -0.931. The second-order valence-electron chi connectivity index (χ2n) is 9.85. The van der Waals surface area contributed by atoms with Crippen LogP contribution in [0.15, 0.2) is 0 Å². The minimum Gasteiger partial charge on any atom is -0.394 e. The van der Waals surface area contributed by atoms with E-state index in [9.17, 15) is 10.2 Å². The van der Waals surface area contributed by atoms with E-state index in [1.807, 2.05) is 0 Å². The molecule has 1 rings (SSSR count). The molecule has 0 bridgehead atoms. The zero-order valence-corrected chi connectivity index (χ0v) is 22.6. The molecule has 1 saturated heterocycles. The fourth-order valence-corrected chi connectivity index (χ4v) is 4.47. The van der Waals surface area contributed by atoms with Gasteiger partial charge in [0.05, 0.1) is 6.61 Å².